The van der Waals surface area contributed by atoms with Crippen molar-refractivity contribution in [2.75, 3.05) is 34.5 Å². The van der Waals surface area contributed by atoms with Crippen LogP contribution in [-0.4, -0.2) is 244 Å². The molecule has 5 heterocycles. The Morgan fingerprint density at radius 3 is 1.61 bits per heavy atom. The van der Waals surface area contributed by atoms with E-state index in [0.29, 0.717) is 16.9 Å². The largest absolute Gasteiger partial charge is 0.497 e. The van der Waals surface area contributed by atoms with Gasteiger partial charge < -0.3 is 113 Å². The molecule has 5 aliphatic heterocycles. The number of aliphatic hydroxyl groups excluding tert-OH is 11. The average Bonchev–Trinajstić information content (AvgIpc) is 3.31. The van der Waals surface area contributed by atoms with Crippen LogP contribution in [0.1, 0.15) is 25.8 Å². The van der Waals surface area contributed by atoms with E-state index in [2.05, 4.69) is 0 Å². The zero-order chi connectivity index (χ0) is 47.9. The molecule has 4 saturated heterocycles. The second kappa shape index (κ2) is 21.6. The second-order valence-corrected chi connectivity index (χ2v) is 17.3. The summed E-state index contributed by atoms with van der Waals surface area (Å²) in [6, 6.07) is 6.84. The van der Waals surface area contributed by atoms with Gasteiger partial charge in [-0.2, -0.15) is 0 Å². The lowest BCUT2D eigenvalue weighted by Crippen LogP contribution is -2.66. The van der Waals surface area contributed by atoms with Crippen LogP contribution >= 0.6 is 0 Å². The van der Waals surface area contributed by atoms with Crippen LogP contribution in [0, 0.1) is 5.92 Å². The normalized spacial score (nSPS) is 47.7. The number of hydrogen-bond donors (Lipinski definition) is 11. The minimum Gasteiger partial charge on any atom is -0.497 e. The van der Waals surface area contributed by atoms with E-state index in [1.807, 2.05) is 0 Å². The van der Waals surface area contributed by atoms with E-state index in [-0.39, 0.29) is 12.2 Å². The number of carbonyl (C=O) groups excluding carboxylic acids is 1. The van der Waals surface area contributed by atoms with Crippen molar-refractivity contribution in [3.05, 3.63) is 36.1 Å². The van der Waals surface area contributed by atoms with Gasteiger partial charge in [-0.15, -0.1) is 0 Å². The first-order chi connectivity index (χ1) is 31.4. The number of allylic oxidation sites excluding steroid dienone is 1. The Morgan fingerprint density at radius 2 is 1.05 bits per heavy atom. The van der Waals surface area contributed by atoms with Crippen molar-refractivity contribution in [1.82, 2.24) is 0 Å². The molecule has 11 N–H and O–H groups in total. The summed E-state index contributed by atoms with van der Waals surface area (Å²) >= 11 is 0. The summed E-state index contributed by atoms with van der Waals surface area (Å²) in [5.41, 5.74) is 0.874. The van der Waals surface area contributed by atoms with E-state index in [4.69, 9.17) is 56.8 Å². The number of ketones is 1. The molecule has 7 rings (SSSR count). The zero-order valence-corrected chi connectivity index (χ0v) is 36.7. The van der Waals surface area contributed by atoms with Crippen LogP contribution in [0.4, 0.5) is 0 Å². The van der Waals surface area contributed by atoms with Gasteiger partial charge in [0.1, 0.15) is 103 Å². The molecule has 24 nitrogen and oxygen atoms in total. The van der Waals surface area contributed by atoms with Gasteiger partial charge in [-0.3, -0.25) is 4.79 Å². The first-order valence-electron chi connectivity index (χ1n) is 21.6. The lowest BCUT2D eigenvalue weighted by molar-refractivity contribution is -0.377. The third-order valence-corrected chi connectivity index (χ3v) is 13.2. The van der Waals surface area contributed by atoms with Crippen molar-refractivity contribution in [2.45, 2.75) is 168 Å². The fourth-order valence-electron chi connectivity index (χ4n) is 9.16. The quantitative estimate of drug-likeness (QED) is 0.0830. The van der Waals surface area contributed by atoms with Crippen LogP contribution < -0.4 is 4.74 Å². The Balaban J connectivity index is 1.10. The molecule has 5 unspecified atom stereocenters. The Kier molecular flexibility index (Phi) is 16.8. The van der Waals surface area contributed by atoms with Crippen LogP contribution in [0.3, 0.4) is 0 Å². The van der Waals surface area contributed by atoms with Gasteiger partial charge in [0.15, 0.2) is 30.9 Å². The number of fused-ring (bicyclic) bond motifs is 1. The molecule has 25 atom stereocenters. The first kappa shape index (κ1) is 51.2. The summed E-state index contributed by atoms with van der Waals surface area (Å²) in [4.78, 5) is 14.1. The molecule has 374 valence electrons. The number of carbonyl (C=O) groups is 1. The molecule has 0 amide bonds. The van der Waals surface area contributed by atoms with E-state index in [9.17, 15) is 61.0 Å². The highest BCUT2D eigenvalue weighted by Crippen LogP contribution is 2.42. The van der Waals surface area contributed by atoms with E-state index >= 15 is 0 Å². The molecule has 5 fully saturated rings. The van der Waals surface area contributed by atoms with Gasteiger partial charge in [-0.05, 0) is 31.5 Å². The van der Waals surface area contributed by atoms with Gasteiger partial charge in [0.25, 0.3) is 0 Å². The van der Waals surface area contributed by atoms with Crippen molar-refractivity contribution < 1.29 is 118 Å². The Bertz CT molecular complexity index is 1770. The molecule has 1 aromatic carbocycles. The summed E-state index contributed by atoms with van der Waals surface area (Å²) in [6.07, 6.45) is -35.4. The molecule has 0 aromatic heterocycles. The fraction of sp³-hybridized carbons (Fsp3) is 0.786. The van der Waals surface area contributed by atoms with Gasteiger partial charge in [-0.1, -0.05) is 12.1 Å². The molecule has 24 heteroatoms. The minimum absolute atomic E-state index is 0.00168. The van der Waals surface area contributed by atoms with Gasteiger partial charge in [0, 0.05) is 20.6 Å². The molecule has 0 spiro atoms. The van der Waals surface area contributed by atoms with E-state index in [0.717, 1.165) is 0 Å². The van der Waals surface area contributed by atoms with Crippen molar-refractivity contribution >= 4 is 11.4 Å². The monoisotopic (exact) mass is 950 g/mol. The van der Waals surface area contributed by atoms with Crippen LogP contribution in [0.15, 0.2) is 30.5 Å². The standard InChI is InChI=1S/C42H62O24/c1-14-24(43)28(47)32(51)39(61-14)59-12-21-27(46)30(49)34(53)42(64-21)66-36-22(13-60-40-33(52)29(48)25(44)15(2)62-40)65-41(35(54)31(36)50)63-20-10-19-23(38(57-5)37(20)56-4)26(45)18(11-58-19)16-6-8-17(55-3)9-7-16/h6-9,11,14-15,19-25,27-44,46-54H,10,12-13H2,1-5H3/t14-,15-,19?,20?,21+,22+,23?,24-,25-,27+,28+,29+,30-,31+,32+,33+,34+,35+,36+,37?,38?,39+,40+,41+,42-/m0/s1. The Hall–Kier alpha value is -2.61. The van der Waals surface area contributed by atoms with Crippen LogP contribution in [-0.2, 0) is 56.9 Å². The summed E-state index contributed by atoms with van der Waals surface area (Å²) in [5, 5.41) is 118. The third-order valence-electron chi connectivity index (χ3n) is 13.2. The van der Waals surface area contributed by atoms with Crippen molar-refractivity contribution in [3.8, 4) is 5.75 Å². The fourth-order valence-corrected chi connectivity index (χ4v) is 9.16. The molecule has 1 saturated carbocycles. The van der Waals surface area contributed by atoms with Gasteiger partial charge in [0.05, 0.1) is 62.5 Å². The maximum atomic E-state index is 14.1. The summed E-state index contributed by atoms with van der Waals surface area (Å²) in [6.45, 7) is 1.55. The van der Waals surface area contributed by atoms with Gasteiger partial charge >= 0.3 is 0 Å². The van der Waals surface area contributed by atoms with Crippen molar-refractivity contribution in [3.63, 3.8) is 0 Å². The molecule has 0 bridgehead atoms. The summed E-state index contributed by atoms with van der Waals surface area (Å²) in [5.74, 6) is -0.557. The lowest BCUT2D eigenvalue weighted by atomic mass is 9.74. The van der Waals surface area contributed by atoms with E-state index < -0.39 is 166 Å². The molecule has 1 aliphatic carbocycles. The van der Waals surface area contributed by atoms with Crippen LogP contribution in [0.2, 0.25) is 0 Å². The number of aliphatic hydroxyl groups is 11. The van der Waals surface area contributed by atoms with Gasteiger partial charge in [0.2, 0.25) is 0 Å². The maximum Gasteiger partial charge on any atom is 0.187 e. The third kappa shape index (κ3) is 10.2. The highest BCUT2D eigenvalue weighted by atomic mass is 16.8. The Morgan fingerprint density at radius 1 is 0.545 bits per heavy atom. The van der Waals surface area contributed by atoms with E-state index in [1.165, 1.54) is 41.4 Å². The predicted molar refractivity (Wildman–Crippen MR) is 214 cm³/mol. The number of Topliss-reactive ketones (excluding diaryl/α,β-unsaturated/α-hetero) is 1. The SMILES string of the molecule is COc1ccc(C2=COC3CC(O[C@@H]4O[C@H](CO[C@@H]5O[C@@H](C)[C@H](O)[C@@H](O)[C@H]5O)[C@@H](O[C@@H]5O[C@H](CO[C@@H]6O[C@@H](C)[C@H](O)[C@@H](O)[C@H]6O)[C@@H](O)[C@H](O)[C@H]5O)[C@H](O)[C@H]4O)C(OC)C(OC)C3C2=O)cc1. The molecular weight excluding hydrogens is 888 g/mol. The summed E-state index contributed by atoms with van der Waals surface area (Å²) < 4.78 is 69.7. The molecule has 66 heavy (non-hydrogen) atoms. The van der Waals surface area contributed by atoms with E-state index in [1.54, 1.807) is 24.3 Å². The predicted octanol–water partition coefficient (Wildman–Crippen LogP) is -5.23. The highest BCUT2D eigenvalue weighted by molar-refractivity contribution is 6.22. The molecule has 6 aliphatic rings. The zero-order valence-electron chi connectivity index (χ0n) is 36.7. The lowest BCUT2D eigenvalue weighted by Gasteiger charge is -2.49. The number of methoxy groups -OCH3 is 3. The van der Waals surface area contributed by atoms with Crippen LogP contribution in [0.25, 0.3) is 5.57 Å². The Labute approximate surface area is 378 Å². The first-order valence-corrected chi connectivity index (χ1v) is 21.6. The molecule has 1 aromatic rings. The number of benzene rings is 1. The second-order valence-electron chi connectivity index (χ2n) is 17.3. The smallest absolute Gasteiger partial charge is 0.187 e. The van der Waals surface area contributed by atoms with Crippen LogP contribution in [0.5, 0.6) is 5.75 Å². The molecular formula is C42H62O24. The number of ether oxygens (including phenoxy) is 12. The maximum absolute atomic E-state index is 14.1. The number of hydrogen-bond acceptors (Lipinski definition) is 24. The molecule has 0 radical (unpaired) electrons. The van der Waals surface area contributed by atoms with Gasteiger partial charge in [-0.25, -0.2) is 0 Å². The van der Waals surface area contributed by atoms with Crippen molar-refractivity contribution in [2.24, 2.45) is 5.92 Å². The topological polar surface area (TPSA) is 350 Å². The highest BCUT2D eigenvalue weighted by Gasteiger charge is 2.56. The number of rotatable bonds is 14. The average molecular weight is 951 g/mol. The summed E-state index contributed by atoms with van der Waals surface area (Å²) in [7, 11) is 4.28. The van der Waals surface area contributed by atoms with Crippen molar-refractivity contribution in [1.29, 1.82) is 0 Å². The minimum atomic E-state index is -2.01.